The summed E-state index contributed by atoms with van der Waals surface area (Å²) in [7, 11) is 1.58. The minimum Gasteiger partial charge on any atom is -0.373 e. The third-order valence-corrected chi connectivity index (χ3v) is 1.57. The van der Waals surface area contributed by atoms with Gasteiger partial charge in [0, 0.05) is 6.04 Å². The summed E-state index contributed by atoms with van der Waals surface area (Å²) >= 11 is 0. The minimum atomic E-state index is -4.08. The zero-order valence-corrected chi connectivity index (χ0v) is 7.77. The second-order valence-corrected chi connectivity index (χ2v) is 2.71. The normalized spacial score (nSPS) is 14.4. The Balaban J connectivity index is 3.77. The molecule has 0 amide bonds. The quantitative estimate of drug-likeness (QED) is 0.515. The Morgan fingerprint density at radius 1 is 1.50 bits per heavy atom. The van der Waals surface area contributed by atoms with Crippen LogP contribution in [0.1, 0.15) is 0 Å². The molecule has 1 atom stereocenters. The number of hydrogen-bond acceptors (Lipinski definition) is 2. The first-order valence-corrected chi connectivity index (χ1v) is 3.97. The molecule has 2 nitrogen and oxygen atoms in total. The zero-order chi connectivity index (χ0) is 11.2. The van der Waals surface area contributed by atoms with E-state index in [0.717, 1.165) is 0 Å². The van der Waals surface area contributed by atoms with E-state index in [-0.39, 0.29) is 12.6 Å². The van der Waals surface area contributed by atoms with E-state index >= 15 is 0 Å². The van der Waals surface area contributed by atoms with Crippen LogP contribution in [-0.2, 0) is 4.74 Å². The van der Waals surface area contributed by atoms with Crippen LogP contribution in [0.15, 0.2) is 12.7 Å². The van der Waals surface area contributed by atoms with E-state index in [2.05, 4.69) is 16.6 Å². The summed E-state index contributed by atoms with van der Waals surface area (Å²) in [5.74, 6) is -4.08. The van der Waals surface area contributed by atoms with E-state index in [9.17, 15) is 17.6 Å². The molecule has 0 aromatic heterocycles. The van der Waals surface area contributed by atoms with E-state index in [1.54, 1.807) is 7.05 Å². The van der Waals surface area contributed by atoms with Crippen molar-refractivity contribution in [1.82, 2.24) is 5.32 Å². The maximum absolute atomic E-state index is 12.3. The molecule has 14 heavy (non-hydrogen) atoms. The molecule has 6 heteroatoms. The van der Waals surface area contributed by atoms with Crippen LogP contribution < -0.4 is 5.32 Å². The van der Waals surface area contributed by atoms with Crippen LogP contribution in [0.3, 0.4) is 0 Å². The fraction of sp³-hybridized carbons (Fsp3) is 0.750. The largest absolute Gasteiger partial charge is 0.373 e. The molecule has 0 fully saturated rings. The fourth-order valence-electron chi connectivity index (χ4n) is 0.654. The van der Waals surface area contributed by atoms with Gasteiger partial charge in [-0.1, -0.05) is 6.08 Å². The summed E-state index contributed by atoms with van der Waals surface area (Å²) < 4.78 is 52.3. The molecule has 0 bridgehead atoms. The third kappa shape index (κ3) is 4.57. The molecule has 0 heterocycles. The summed E-state index contributed by atoms with van der Waals surface area (Å²) in [6.07, 6.45) is -2.25. The van der Waals surface area contributed by atoms with E-state index in [0.29, 0.717) is 0 Å². The topological polar surface area (TPSA) is 21.3 Å². The predicted molar refractivity (Wildman–Crippen MR) is 44.8 cm³/mol. The van der Waals surface area contributed by atoms with Crippen molar-refractivity contribution in [1.29, 1.82) is 0 Å². The second-order valence-electron chi connectivity index (χ2n) is 2.71. The molecule has 0 aliphatic heterocycles. The van der Waals surface area contributed by atoms with Crippen LogP contribution in [0.2, 0.25) is 0 Å². The van der Waals surface area contributed by atoms with Gasteiger partial charge < -0.3 is 10.1 Å². The molecule has 1 unspecified atom stereocenters. The molecule has 0 rings (SSSR count). The average molecular weight is 215 g/mol. The van der Waals surface area contributed by atoms with E-state index in [1.165, 1.54) is 6.08 Å². The van der Waals surface area contributed by atoms with Gasteiger partial charge in [0.15, 0.2) is 0 Å². The van der Waals surface area contributed by atoms with Gasteiger partial charge in [0.2, 0.25) is 0 Å². The van der Waals surface area contributed by atoms with Gasteiger partial charge in [-0.3, -0.25) is 0 Å². The lowest BCUT2D eigenvalue weighted by molar-refractivity contribution is -0.166. The van der Waals surface area contributed by atoms with Crippen LogP contribution in [0.4, 0.5) is 17.6 Å². The van der Waals surface area contributed by atoms with E-state index < -0.39 is 19.0 Å². The van der Waals surface area contributed by atoms with Crippen LogP contribution in [0, 0.1) is 0 Å². The molecular weight excluding hydrogens is 202 g/mol. The molecule has 0 saturated carbocycles. The first-order chi connectivity index (χ1) is 6.44. The van der Waals surface area contributed by atoms with Crippen molar-refractivity contribution in [3.8, 4) is 0 Å². The zero-order valence-electron chi connectivity index (χ0n) is 7.77. The molecule has 84 valence electrons. The highest BCUT2D eigenvalue weighted by atomic mass is 19.3. The van der Waals surface area contributed by atoms with Crippen molar-refractivity contribution < 1.29 is 22.3 Å². The number of likely N-dealkylation sites (N-methyl/N-ethyl adjacent to an activating group) is 1. The smallest absolute Gasteiger partial charge is 0.330 e. The number of hydrogen-bond donors (Lipinski definition) is 1. The van der Waals surface area contributed by atoms with Crippen LogP contribution >= 0.6 is 0 Å². The van der Waals surface area contributed by atoms with Gasteiger partial charge in [0.1, 0.15) is 6.61 Å². The van der Waals surface area contributed by atoms with Gasteiger partial charge in [-0.2, -0.15) is 8.78 Å². The highest BCUT2D eigenvalue weighted by Crippen LogP contribution is 2.22. The van der Waals surface area contributed by atoms with Crippen molar-refractivity contribution in [3.63, 3.8) is 0 Å². The van der Waals surface area contributed by atoms with E-state index in [4.69, 9.17) is 0 Å². The van der Waals surface area contributed by atoms with E-state index in [1.807, 2.05) is 0 Å². The molecular formula is C8H13F4NO. The molecule has 0 aliphatic carbocycles. The molecule has 0 radical (unpaired) electrons. The molecule has 1 N–H and O–H groups in total. The van der Waals surface area contributed by atoms with Gasteiger partial charge >= 0.3 is 12.3 Å². The van der Waals surface area contributed by atoms with Crippen molar-refractivity contribution in [2.75, 3.05) is 20.3 Å². The fourth-order valence-corrected chi connectivity index (χ4v) is 0.654. The van der Waals surface area contributed by atoms with Crippen LogP contribution in [-0.4, -0.2) is 38.7 Å². The van der Waals surface area contributed by atoms with Crippen LogP contribution in [0.5, 0.6) is 0 Å². The first-order valence-electron chi connectivity index (χ1n) is 3.97. The first kappa shape index (κ1) is 13.4. The van der Waals surface area contributed by atoms with Crippen molar-refractivity contribution in [3.05, 3.63) is 12.7 Å². The summed E-state index contributed by atoms with van der Waals surface area (Å²) in [4.78, 5) is 0. The lowest BCUT2D eigenvalue weighted by Gasteiger charge is -2.17. The standard InChI is InChI=1S/C8H13F4NO/c1-3-6(13-2)4-14-5-8(11,12)7(9)10/h3,6-7,13H,1,4-5H2,2H3. The van der Waals surface area contributed by atoms with Crippen molar-refractivity contribution in [2.45, 2.75) is 18.4 Å². The second kappa shape index (κ2) is 5.98. The van der Waals surface area contributed by atoms with Crippen molar-refractivity contribution >= 4 is 0 Å². The molecule has 0 aromatic carbocycles. The molecule has 0 aromatic rings. The monoisotopic (exact) mass is 215 g/mol. The van der Waals surface area contributed by atoms with Crippen LogP contribution in [0.25, 0.3) is 0 Å². The summed E-state index contributed by atoms with van der Waals surface area (Å²) in [5.41, 5.74) is 0. The lowest BCUT2D eigenvalue weighted by atomic mass is 10.3. The van der Waals surface area contributed by atoms with Crippen molar-refractivity contribution in [2.24, 2.45) is 0 Å². The maximum Gasteiger partial charge on any atom is 0.330 e. The SMILES string of the molecule is C=CC(COCC(F)(F)C(F)F)NC. The van der Waals surface area contributed by atoms with Gasteiger partial charge in [-0.15, -0.1) is 6.58 Å². The molecule has 0 aliphatic rings. The van der Waals surface area contributed by atoms with Gasteiger partial charge in [0.25, 0.3) is 0 Å². The number of halogens is 4. The maximum atomic E-state index is 12.3. The Morgan fingerprint density at radius 3 is 2.43 bits per heavy atom. The minimum absolute atomic E-state index is 0.109. The Bertz CT molecular complexity index is 175. The Kier molecular flexibility index (Phi) is 5.71. The number of alkyl halides is 4. The molecule has 0 saturated heterocycles. The Morgan fingerprint density at radius 2 is 2.07 bits per heavy atom. The highest BCUT2D eigenvalue weighted by molar-refractivity contribution is 4.84. The molecule has 0 spiro atoms. The lowest BCUT2D eigenvalue weighted by Crippen LogP contribution is -2.35. The number of rotatable bonds is 7. The number of ether oxygens (including phenoxy) is 1. The van der Waals surface area contributed by atoms with Gasteiger partial charge in [-0.05, 0) is 7.05 Å². The summed E-state index contributed by atoms with van der Waals surface area (Å²) in [5, 5.41) is 2.69. The summed E-state index contributed by atoms with van der Waals surface area (Å²) in [6, 6.07) is -0.316. The highest BCUT2D eigenvalue weighted by Gasteiger charge is 2.40. The summed E-state index contributed by atoms with van der Waals surface area (Å²) in [6.45, 7) is 2.01. The average Bonchev–Trinajstić information content (AvgIpc) is 2.12. The Labute approximate surface area is 79.9 Å². The number of nitrogens with one attached hydrogen (secondary N) is 1. The van der Waals surface area contributed by atoms with Gasteiger partial charge in [-0.25, -0.2) is 8.78 Å². The van der Waals surface area contributed by atoms with Gasteiger partial charge in [0.05, 0.1) is 6.61 Å². The predicted octanol–water partition coefficient (Wildman–Crippen LogP) is 1.68. The Hall–Kier alpha value is -0.620. The third-order valence-electron chi connectivity index (χ3n) is 1.57.